The summed E-state index contributed by atoms with van der Waals surface area (Å²) in [6.45, 7) is 5.90. The fraction of sp³-hybridized carbons (Fsp3) is 0.474. The summed E-state index contributed by atoms with van der Waals surface area (Å²) in [6, 6.07) is 2.03. The van der Waals surface area contributed by atoms with Gasteiger partial charge in [-0.05, 0) is 44.7 Å². The number of thiocarbonyl (C=S) groups is 1. The maximum atomic E-state index is 12.7. The number of likely N-dealkylation sites (N-methyl/N-ethyl adjacent to an activating group) is 1. The summed E-state index contributed by atoms with van der Waals surface area (Å²) < 4.78 is 2.08. The molecule has 0 spiro atoms. The second-order valence-corrected chi connectivity index (χ2v) is 8.36. The normalized spacial score (nSPS) is 19.1. The zero-order valence-corrected chi connectivity index (χ0v) is 17.4. The highest BCUT2D eigenvalue weighted by atomic mass is 32.2. The fourth-order valence-electron chi connectivity index (χ4n) is 3.60. The van der Waals surface area contributed by atoms with Crippen LogP contribution in [-0.2, 0) is 11.8 Å². The van der Waals surface area contributed by atoms with Gasteiger partial charge in [0.2, 0.25) is 0 Å². The first-order valence-electron chi connectivity index (χ1n) is 9.04. The Balaban J connectivity index is 2.22. The number of carbonyl (C=O) groups excluding carboxylic acids is 1. The highest BCUT2D eigenvalue weighted by molar-refractivity contribution is 8.26. The van der Waals surface area contributed by atoms with Crippen LogP contribution in [0.4, 0.5) is 5.82 Å². The number of thioether (sulfide) groups is 1. The molecule has 0 radical (unpaired) electrons. The van der Waals surface area contributed by atoms with E-state index in [4.69, 9.17) is 12.2 Å². The van der Waals surface area contributed by atoms with Crippen molar-refractivity contribution in [2.45, 2.75) is 33.1 Å². The molecule has 0 aromatic carbocycles. The SMILES string of the molecule is CCN1C(=O)C(=Cc2c(C)c(C#N)c(=O)n(C)c2N2CCCCC2)SC1=S. The van der Waals surface area contributed by atoms with Crippen LogP contribution in [0.15, 0.2) is 9.70 Å². The largest absolute Gasteiger partial charge is 0.357 e. The van der Waals surface area contributed by atoms with E-state index >= 15 is 0 Å². The van der Waals surface area contributed by atoms with Crippen LogP contribution in [0.3, 0.4) is 0 Å². The maximum absolute atomic E-state index is 12.7. The molecule has 27 heavy (non-hydrogen) atoms. The number of hydrogen-bond acceptors (Lipinski definition) is 6. The van der Waals surface area contributed by atoms with E-state index in [9.17, 15) is 14.9 Å². The van der Waals surface area contributed by atoms with E-state index in [1.165, 1.54) is 18.2 Å². The van der Waals surface area contributed by atoms with Crippen LogP contribution in [0, 0.1) is 18.3 Å². The summed E-state index contributed by atoms with van der Waals surface area (Å²) in [5, 5.41) is 9.49. The van der Waals surface area contributed by atoms with Gasteiger partial charge in [-0.15, -0.1) is 0 Å². The van der Waals surface area contributed by atoms with E-state index in [-0.39, 0.29) is 17.0 Å². The average molecular weight is 403 g/mol. The minimum Gasteiger partial charge on any atom is -0.357 e. The molecule has 2 saturated heterocycles. The van der Waals surface area contributed by atoms with Gasteiger partial charge in [0.1, 0.15) is 21.8 Å². The Hall–Kier alpha value is -2.11. The molecule has 2 fully saturated rings. The van der Waals surface area contributed by atoms with Crippen LogP contribution in [0.5, 0.6) is 0 Å². The van der Waals surface area contributed by atoms with E-state index in [2.05, 4.69) is 4.90 Å². The van der Waals surface area contributed by atoms with Crippen LogP contribution in [0.2, 0.25) is 0 Å². The minimum absolute atomic E-state index is 0.121. The smallest absolute Gasteiger partial charge is 0.270 e. The Labute approximate surface area is 168 Å². The first kappa shape index (κ1) is 19.6. The molecule has 3 rings (SSSR count). The van der Waals surface area contributed by atoms with Crippen LogP contribution >= 0.6 is 24.0 Å². The van der Waals surface area contributed by atoms with Crippen LogP contribution < -0.4 is 10.5 Å². The third-order valence-corrected chi connectivity index (χ3v) is 6.47. The van der Waals surface area contributed by atoms with Gasteiger partial charge in [0.05, 0.1) is 4.91 Å². The highest BCUT2D eigenvalue weighted by Crippen LogP contribution is 2.35. The predicted molar refractivity (Wildman–Crippen MR) is 113 cm³/mol. The lowest BCUT2D eigenvalue weighted by molar-refractivity contribution is -0.121. The molecule has 2 aliphatic rings. The lowest BCUT2D eigenvalue weighted by Gasteiger charge is -2.32. The van der Waals surface area contributed by atoms with Gasteiger partial charge in [-0.2, -0.15) is 5.26 Å². The van der Waals surface area contributed by atoms with Gasteiger partial charge in [-0.1, -0.05) is 24.0 Å². The van der Waals surface area contributed by atoms with Gasteiger partial charge in [0.25, 0.3) is 11.5 Å². The molecule has 3 heterocycles. The van der Waals surface area contributed by atoms with Crippen molar-refractivity contribution in [3.05, 3.63) is 31.9 Å². The Bertz CT molecular complexity index is 936. The monoisotopic (exact) mass is 402 g/mol. The summed E-state index contributed by atoms with van der Waals surface area (Å²) in [4.78, 5) is 29.6. The fourth-order valence-corrected chi connectivity index (χ4v) is 4.97. The molecule has 0 saturated carbocycles. The van der Waals surface area contributed by atoms with Crippen LogP contribution in [-0.4, -0.2) is 39.3 Å². The number of aromatic nitrogens is 1. The molecule has 6 nitrogen and oxygen atoms in total. The van der Waals surface area contributed by atoms with Crippen molar-refractivity contribution in [2.75, 3.05) is 24.5 Å². The number of amides is 1. The Morgan fingerprint density at radius 2 is 1.93 bits per heavy atom. The summed E-state index contributed by atoms with van der Waals surface area (Å²) in [5.74, 6) is 0.654. The van der Waals surface area contributed by atoms with E-state index in [0.717, 1.165) is 37.3 Å². The Morgan fingerprint density at radius 1 is 1.26 bits per heavy atom. The molecule has 2 aliphatic heterocycles. The molecule has 1 aromatic rings. The molecule has 0 unspecified atom stereocenters. The van der Waals surface area contributed by atoms with Crippen LogP contribution in [0.1, 0.15) is 42.9 Å². The van der Waals surface area contributed by atoms with Crippen LogP contribution in [0.25, 0.3) is 6.08 Å². The Kier molecular flexibility index (Phi) is 5.72. The molecule has 142 valence electrons. The lowest BCUT2D eigenvalue weighted by Crippen LogP contribution is -2.36. The van der Waals surface area contributed by atoms with Gasteiger partial charge < -0.3 is 4.90 Å². The summed E-state index contributed by atoms with van der Waals surface area (Å²) in [7, 11) is 1.70. The molecule has 8 heteroatoms. The molecular formula is C19H22N4O2S2. The van der Waals surface area contributed by atoms with Gasteiger partial charge in [-0.25, -0.2) is 0 Å². The molecule has 0 N–H and O–H groups in total. The minimum atomic E-state index is -0.297. The quantitative estimate of drug-likeness (QED) is 0.572. The molecule has 0 bridgehead atoms. The first-order valence-corrected chi connectivity index (χ1v) is 10.3. The first-order chi connectivity index (χ1) is 12.9. The van der Waals surface area contributed by atoms with E-state index in [1.807, 2.05) is 13.0 Å². The summed E-state index contributed by atoms with van der Waals surface area (Å²) >= 11 is 6.57. The molecule has 0 atom stereocenters. The number of nitrogens with zero attached hydrogens (tertiary/aromatic N) is 4. The average Bonchev–Trinajstić information content (AvgIpc) is 2.93. The number of hydrogen-bond donors (Lipinski definition) is 0. The third-order valence-electron chi connectivity index (χ3n) is 5.09. The second-order valence-electron chi connectivity index (χ2n) is 6.69. The number of rotatable bonds is 3. The zero-order chi connectivity index (χ0) is 19.7. The number of carbonyl (C=O) groups is 1. The van der Waals surface area contributed by atoms with Crippen molar-refractivity contribution in [3.8, 4) is 6.07 Å². The highest BCUT2D eigenvalue weighted by Gasteiger charge is 2.32. The van der Waals surface area contributed by atoms with E-state index < -0.39 is 0 Å². The van der Waals surface area contributed by atoms with Gasteiger partial charge >= 0.3 is 0 Å². The van der Waals surface area contributed by atoms with Crippen molar-refractivity contribution in [1.82, 2.24) is 9.47 Å². The van der Waals surface area contributed by atoms with Gasteiger partial charge in [0, 0.05) is 32.2 Å². The summed E-state index contributed by atoms with van der Waals surface area (Å²) in [6.07, 6.45) is 5.09. The van der Waals surface area contributed by atoms with Gasteiger partial charge in [0.15, 0.2) is 0 Å². The zero-order valence-electron chi connectivity index (χ0n) is 15.7. The molecule has 1 aromatic heterocycles. The number of nitriles is 1. The number of anilines is 1. The van der Waals surface area contributed by atoms with Crippen molar-refractivity contribution in [3.63, 3.8) is 0 Å². The molecular weight excluding hydrogens is 380 g/mol. The maximum Gasteiger partial charge on any atom is 0.270 e. The number of piperidine rings is 1. The van der Waals surface area contributed by atoms with Gasteiger partial charge in [-0.3, -0.25) is 19.1 Å². The van der Waals surface area contributed by atoms with Crippen molar-refractivity contribution in [2.24, 2.45) is 7.05 Å². The second kappa shape index (κ2) is 7.87. The standard InChI is InChI=1S/C19H22N4O2S2/c1-4-23-18(25)15(27-19(23)26)10-13-12(2)14(11-20)17(24)21(3)16(13)22-8-6-5-7-9-22/h10H,4-9H2,1-3H3. The number of pyridine rings is 1. The predicted octanol–water partition coefficient (Wildman–Crippen LogP) is 2.78. The summed E-state index contributed by atoms with van der Waals surface area (Å²) in [5.41, 5.74) is 1.19. The lowest BCUT2D eigenvalue weighted by atomic mass is 10.0. The molecule has 1 amide bonds. The van der Waals surface area contributed by atoms with Crippen molar-refractivity contribution >= 4 is 46.1 Å². The third kappa shape index (κ3) is 3.42. The Morgan fingerprint density at radius 3 is 2.48 bits per heavy atom. The van der Waals surface area contributed by atoms with E-state index in [0.29, 0.717) is 21.3 Å². The van der Waals surface area contributed by atoms with Crippen molar-refractivity contribution in [1.29, 1.82) is 5.26 Å². The molecule has 0 aliphatic carbocycles. The topological polar surface area (TPSA) is 69.3 Å². The van der Waals surface area contributed by atoms with E-state index in [1.54, 1.807) is 29.5 Å². The van der Waals surface area contributed by atoms with Crippen molar-refractivity contribution < 1.29 is 4.79 Å².